The average molecular weight is 204 g/mol. The van der Waals surface area contributed by atoms with Crippen molar-refractivity contribution in [1.29, 1.82) is 0 Å². The smallest absolute Gasteiger partial charge is 0.0593 e. The summed E-state index contributed by atoms with van der Waals surface area (Å²) in [6.07, 6.45) is 2.94. The average Bonchev–Trinajstić information content (AvgIpc) is 2.62. The zero-order chi connectivity index (χ0) is 10.7. The summed E-state index contributed by atoms with van der Waals surface area (Å²) in [6, 6.07) is 8.11. The molecule has 0 saturated heterocycles. The highest BCUT2D eigenvalue weighted by atomic mass is 16.3. The lowest BCUT2D eigenvalue weighted by atomic mass is 10.1. The van der Waals surface area contributed by atoms with Gasteiger partial charge in [-0.1, -0.05) is 18.2 Å². The Morgan fingerprint density at radius 1 is 1.33 bits per heavy atom. The highest BCUT2D eigenvalue weighted by Crippen LogP contribution is 2.19. The fraction of sp³-hybridized carbons (Fsp3) is 0.333. The lowest BCUT2D eigenvalue weighted by molar-refractivity contribution is 0.168. The van der Waals surface area contributed by atoms with Gasteiger partial charge in [0, 0.05) is 23.5 Å². The first kappa shape index (κ1) is 10.2. The Balaban J connectivity index is 2.21. The van der Waals surface area contributed by atoms with Crippen LogP contribution in [0.2, 0.25) is 0 Å². The number of benzene rings is 1. The molecule has 0 fully saturated rings. The van der Waals surface area contributed by atoms with Crippen molar-refractivity contribution in [3.8, 4) is 0 Å². The van der Waals surface area contributed by atoms with E-state index in [1.54, 1.807) is 0 Å². The molecule has 1 atom stereocenters. The fourth-order valence-corrected chi connectivity index (χ4v) is 1.85. The van der Waals surface area contributed by atoms with Crippen LogP contribution in [0.1, 0.15) is 12.0 Å². The number of nitrogens with one attached hydrogen (secondary N) is 1. The lowest BCUT2D eigenvalue weighted by Crippen LogP contribution is -2.15. The maximum absolute atomic E-state index is 9.69. The van der Waals surface area contributed by atoms with Crippen molar-refractivity contribution in [3.05, 3.63) is 36.0 Å². The third-order valence-electron chi connectivity index (χ3n) is 2.63. The minimum atomic E-state index is -0.339. The normalized spacial score (nSPS) is 13.2. The van der Waals surface area contributed by atoms with Gasteiger partial charge in [0.1, 0.15) is 0 Å². The summed E-state index contributed by atoms with van der Waals surface area (Å²) < 4.78 is 0. The number of aromatic nitrogens is 1. The number of aromatic amines is 1. The minimum Gasteiger partial charge on any atom is -0.393 e. The number of nitrogens with two attached hydrogens (primary N) is 1. The third kappa shape index (κ3) is 2.19. The highest BCUT2D eigenvalue weighted by molar-refractivity contribution is 5.83. The van der Waals surface area contributed by atoms with E-state index in [0.29, 0.717) is 19.4 Å². The second-order valence-corrected chi connectivity index (χ2v) is 3.79. The Hall–Kier alpha value is -1.32. The van der Waals surface area contributed by atoms with Crippen LogP contribution >= 0.6 is 0 Å². The number of aliphatic hydroxyl groups is 1. The molecule has 0 amide bonds. The number of fused-ring (bicyclic) bond motifs is 1. The number of rotatable bonds is 4. The van der Waals surface area contributed by atoms with Gasteiger partial charge in [-0.05, 0) is 24.6 Å². The van der Waals surface area contributed by atoms with Crippen molar-refractivity contribution in [2.24, 2.45) is 5.73 Å². The first-order chi connectivity index (χ1) is 7.31. The molecule has 2 aromatic rings. The molecule has 0 spiro atoms. The van der Waals surface area contributed by atoms with Gasteiger partial charge in [0.25, 0.3) is 0 Å². The predicted molar refractivity (Wildman–Crippen MR) is 61.7 cm³/mol. The van der Waals surface area contributed by atoms with Crippen molar-refractivity contribution >= 4 is 10.9 Å². The van der Waals surface area contributed by atoms with Gasteiger partial charge in [-0.3, -0.25) is 0 Å². The van der Waals surface area contributed by atoms with Crippen LogP contribution in [-0.4, -0.2) is 22.7 Å². The molecular weight excluding hydrogens is 188 g/mol. The van der Waals surface area contributed by atoms with E-state index in [0.717, 1.165) is 11.1 Å². The van der Waals surface area contributed by atoms with Gasteiger partial charge < -0.3 is 15.8 Å². The van der Waals surface area contributed by atoms with Crippen molar-refractivity contribution < 1.29 is 5.11 Å². The van der Waals surface area contributed by atoms with Crippen molar-refractivity contribution in [3.63, 3.8) is 0 Å². The van der Waals surface area contributed by atoms with Gasteiger partial charge in [-0.15, -0.1) is 0 Å². The van der Waals surface area contributed by atoms with Gasteiger partial charge in [-0.2, -0.15) is 0 Å². The molecular formula is C12H16N2O. The molecule has 0 aliphatic heterocycles. The summed E-state index contributed by atoms with van der Waals surface area (Å²) in [4.78, 5) is 3.19. The summed E-state index contributed by atoms with van der Waals surface area (Å²) in [6.45, 7) is 0.531. The SMILES string of the molecule is NCC[C@@H](O)Cc1c[nH]c2ccccc12. The van der Waals surface area contributed by atoms with E-state index < -0.39 is 0 Å². The van der Waals surface area contributed by atoms with E-state index in [1.807, 2.05) is 24.4 Å². The molecule has 0 aliphatic carbocycles. The Morgan fingerprint density at radius 3 is 2.93 bits per heavy atom. The Morgan fingerprint density at radius 2 is 2.13 bits per heavy atom. The largest absolute Gasteiger partial charge is 0.393 e. The number of aliphatic hydroxyl groups excluding tert-OH is 1. The standard InChI is InChI=1S/C12H16N2O/c13-6-5-10(15)7-9-8-14-12-4-2-1-3-11(9)12/h1-4,8,10,14-15H,5-7,13H2/t10-/m1/s1. The van der Waals surface area contributed by atoms with Crippen LogP contribution in [0.5, 0.6) is 0 Å². The van der Waals surface area contributed by atoms with E-state index in [9.17, 15) is 5.11 Å². The van der Waals surface area contributed by atoms with Gasteiger partial charge in [0.15, 0.2) is 0 Å². The van der Waals surface area contributed by atoms with E-state index in [4.69, 9.17) is 5.73 Å². The van der Waals surface area contributed by atoms with Gasteiger partial charge in [0.05, 0.1) is 6.10 Å². The van der Waals surface area contributed by atoms with Crippen molar-refractivity contribution in [1.82, 2.24) is 4.98 Å². The molecule has 4 N–H and O–H groups in total. The maximum atomic E-state index is 9.69. The van der Waals surface area contributed by atoms with Crippen molar-refractivity contribution in [2.75, 3.05) is 6.54 Å². The number of hydrogen-bond donors (Lipinski definition) is 3. The Kier molecular flexibility index (Phi) is 3.04. The molecule has 1 aromatic carbocycles. The minimum absolute atomic E-state index is 0.339. The van der Waals surface area contributed by atoms with Crippen LogP contribution in [0.25, 0.3) is 10.9 Å². The molecule has 3 heteroatoms. The first-order valence-corrected chi connectivity index (χ1v) is 5.24. The molecule has 0 aliphatic rings. The molecule has 0 saturated carbocycles. The summed E-state index contributed by atoms with van der Waals surface area (Å²) in [5.74, 6) is 0. The van der Waals surface area contributed by atoms with E-state index in [-0.39, 0.29) is 6.10 Å². The van der Waals surface area contributed by atoms with Crippen LogP contribution in [-0.2, 0) is 6.42 Å². The predicted octanol–water partition coefficient (Wildman–Crippen LogP) is 1.42. The second kappa shape index (κ2) is 4.47. The van der Waals surface area contributed by atoms with Gasteiger partial charge in [0.2, 0.25) is 0 Å². The first-order valence-electron chi connectivity index (χ1n) is 5.24. The van der Waals surface area contributed by atoms with Gasteiger partial charge in [-0.25, -0.2) is 0 Å². The van der Waals surface area contributed by atoms with Crippen LogP contribution in [0.3, 0.4) is 0 Å². The molecule has 15 heavy (non-hydrogen) atoms. The summed E-state index contributed by atoms with van der Waals surface area (Å²) in [5.41, 5.74) is 7.68. The number of para-hydroxylation sites is 1. The zero-order valence-corrected chi connectivity index (χ0v) is 8.61. The van der Waals surface area contributed by atoms with E-state index >= 15 is 0 Å². The van der Waals surface area contributed by atoms with E-state index in [2.05, 4.69) is 11.1 Å². The fourth-order valence-electron chi connectivity index (χ4n) is 1.85. The molecule has 2 rings (SSSR count). The quantitative estimate of drug-likeness (QED) is 0.705. The second-order valence-electron chi connectivity index (χ2n) is 3.79. The monoisotopic (exact) mass is 204 g/mol. The topological polar surface area (TPSA) is 62.0 Å². The van der Waals surface area contributed by atoms with Crippen LogP contribution < -0.4 is 5.73 Å². The van der Waals surface area contributed by atoms with Crippen LogP contribution in [0, 0.1) is 0 Å². The Bertz CT molecular complexity index is 436. The summed E-state index contributed by atoms with van der Waals surface area (Å²) in [7, 11) is 0. The number of hydrogen-bond acceptors (Lipinski definition) is 2. The molecule has 80 valence electrons. The molecule has 0 bridgehead atoms. The molecule has 1 aromatic heterocycles. The molecule has 3 nitrogen and oxygen atoms in total. The summed E-state index contributed by atoms with van der Waals surface area (Å²) >= 11 is 0. The van der Waals surface area contributed by atoms with E-state index in [1.165, 1.54) is 5.39 Å². The molecule has 0 radical (unpaired) electrons. The van der Waals surface area contributed by atoms with Crippen LogP contribution in [0.15, 0.2) is 30.5 Å². The van der Waals surface area contributed by atoms with Crippen molar-refractivity contribution in [2.45, 2.75) is 18.9 Å². The Labute approximate surface area is 88.9 Å². The van der Waals surface area contributed by atoms with Gasteiger partial charge >= 0.3 is 0 Å². The zero-order valence-electron chi connectivity index (χ0n) is 8.61. The highest BCUT2D eigenvalue weighted by Gasteiger charge is 2.08. The summed E-state index contributed by atoms with van der Waals surface area (Å²) in [5, 5.41) is 10.9. The lowest BCUT2D eigenvalue weighted by Gasteiger charge is -2.07. The molecule has 0 unspecified atom stereocenters. The van der Waals surface area contributed by atoms with Crippen LogP contribution in [0.4, 0.5) is 0 Å². The number of H-pyrrole nitrogens is 1. The molecule has 1 heterocycles. The maximum Gasteiger partial charge on any atom is 0.0593 e. The third-order valence-corrected chi connectivity index (χ3v) is 2.63.